The van der Waals surface area contributed by atoms with E-state index in [1.165, 1.54) is 6.07 Å². The normalized spacial score (nSPS) is 16.3. The summed E-state index contributed by atoms with van der Waals surface area (Å²) in [4.78, 5) is 15.4. The van der Waals surface area contributed by atoms with Gasteiger partial charge in [-0.25, -0.2) is 4.39 Å². The molecule has 144 valence electrons. The highest BCUT2D eigenvalue weighted by molar-refractivity contribution is 7.99. The Morgan fingerprint density at radius 2 is 2.04 bits per heavy atom. The molecule has 1 amide bonds. The standard InChI is InChI=1S/C21H24FNO3S/c1-23(12-14-26-19-10-4-3-9-18(19)22)21(24)17-8-2-5-11-20(17)27-15-16-7-6-13-25-16/h2-5,8-11,16H,6-7,12-15H2,1H3. The second-order valence-electron chi connectivity index (χ2n) is 6.45. The average molecular weight is 389 g/mol. The molecule has 0 aromatic heterocycles. The van der Waals surface area contributed by atoms with E-state index in [0.717, 1.165) is 30.1 Å². The molecule has 1 unspecified atom stereocenters. The van der Waals surface area contributed by atoms with Crippen molar-refractivity contribution in [2.75, 3.05) is 32.6 Å². The number of nitrogens with zero attached hydrogens (tertiary/aromatic N) is 1. The minimum Gasteiger partial charge on any atom is -0.489 e. The summed E-state index contributed by atoms with van der Waals surface area (Å²) in [5, 5.41) is 0. The van der Waals surface area contributed by atoms with Crippen molar-refractivity contribution < 1.29 is 18.7 Å². The van der Waals surface area contributed by atoms with Gasteiger partial charge in [0, 0.05) is 24.3 Å². The molecular weight excluding hydrogens is 365 g/mol. The second kappa shape index (κ2) is 9.76. The van der Waals surface area contributed by atoms with Crippen LogP contribution >= 0.6 is 11.8 Å². The van der Waals surface area contributed by atoms with Crippen LogP contribution in [0.4, 0.5) is 4.39 Å². The average Bonchev–Trinajstić information content (AvgIpc) is 3.21. The minimum atomic E-state index is -0.401. The van der Waals surface area contributed by atoms with Crippen LogP contribution in [0.5, 0.6) is 5.75 Å². The molecule has 0 saturated carbocycles. The Labute approximate surface area is 163 Å². The number of carbonyl (C=O) groups is 1. The van der Waals surface area contributed by atoms with Crippen molar-refractivity contribution in [3.63, 3.8) is 0 Å². The number of likely N-dealkylation sites (N-methyl/N-ethyl adjacent to an activating group) is 1. The molecule has 4 nitrogen and oxygen atoms in total. The number of halogens is 1. The van der Waals surface area contributed by atoms with Crippen LogP contribution in [-0.4, -0.2) is 49.5 Å². The summed E-state index contributed by atoms with van der Waals surface area (Å²) in [5.74, 6) is 0.584. The molecule has 1 heterocycles. The Morgan fingerprint density at radius 1 is 1.26 bits per heavy atom. The summed E-state index contributed by atoms with van der Waals surface area (Å²) < 4.78 is 24.7. The van der Waals surface area contributed by atoms with E-state index in [-0.39, 0.29) is 24.4 Å². The van der Waals surface area contributed by atoms with Gasteiger partial charge in [-0.05, 0) is 37.1 Å². The number of carbonyl (C=O) groups excluding carboxylic acids is 1. The molecular formula is C21H24FNO3S. The lowest BCUT2D eigenvalue weighted by Gasteiger charge is -2.19. The maximum Gasteiger partial charge on any atom is 0.254 e. The van der Waals surface area contributed by atoms with E-state index in [9.17, 15) is 9.18 Å². The minimum absolute atomic E-state index is 0.0671. The first-order valence-corrected chi connectivity index (χ1v) is 10.1. The number of para-hydroxylation sites is 1. The van der Waals surface area contributed by atoms with Gasteiger partial charge in [0.15, 0.2) is 11.6 Å². The van der Waals surface area contributed by atoms with Crippen molar-refractivity contribution in [3.8, 4) is 5.75 Å². The molecule has 0 bridgehead atoms. The molecule has 2 aromatic rings. The van der Waals surface area contributed by atoms with Crippen molar-refractivity contribution >= 4 is 17.7 Å². The van der Waals surface area contributed by atoms with Crippen LogP contribution in [0.15, 0.2) is 53.4 Å². The Balaban J connectivity index is 1.55. The number of rotatable bonds is 8. The van der Waals surface area contributed by atoms with Gasteiger partial charge in [-0.3, -0.25) is 4.79 Å². The highest BCUT2D eigenvalue weighted by atomic mass is 32.2. The number of benzene rings is 2. The first kappa shape index (κ1) is 19.7. The van der Waals surface area contributed by atoms with Crippen LogP contribution in [-0.2, 0) is 4.74 Å². The van der Waals surface area contributed by atoms with E-state index in [1.54, 1.807) is 41.9 Å². The Morgan fingerprint density at radius 3 is 2.81 bits per heavy atom. The fourth-order valence-electron chi connectivity index (χ4n) is 2.89. The molecule has 0 N–H and O–H groups in total. The first-order valence-electron chi connectivity index (χ1n) is 9.11. The van der Waals surface area contributed by atoms with Crippen LogP contribution in [0.3, 0.4) is 0 Å². The smallest absolute Gasteiger partial charge is 0.254 e. The van der Waals surface area contributed by atoms with Crippen LogP contribution in [0, 0.1) is 5.82 Å². The van der Waals surface area contributed by atoms with Gasteiger partial charge in [-0.1, -0.05) is 24.3 Å². The molecule has 27 heavy (non-hydrogen) atoms. The quantitative estimate of drug-likeness (QED) is 0.633. The zero-order chi connectivity index (χ0) is 19.1. The summed E-state index contributed by atoms with van der Waals surface area (Å²) in [7, 11) is 1.73. The van der Waals surface area contributed by atoms with Gasteiger partial charge < -0.3 is 14.4 Å². The van der Waals surface area contributed by atoms with Crippen molar-refractivity contribution in [1.82, 2.24) is 4.90 Å². The van der Waals surface area contributed by atoms with Gasteiger partial charge in [-0.15, -0.1) is 11.8 Å². The summed E-state index contributed by atoms with van der Waals surface area (Å²) >= 11 is 1.66. The summed E-state index contributed by atoms with van der Waals surface area (Å²) in [6.45, 7) is 1.43. The Hall–Kier alpha value is -2.05. The van der Waals surface area contributed by atoms with Crippen LogP contribution in [0.2, 0.25) is 0 Å². The first-order chi connectivity index (χ1) is 13.1. The lowest BCUT2D eigenvalue weighted by molar-refractivity contribution is 0.0769. The number of thioether (sulfide) groups is 1. The fraction of sp³-hybridized carbons (Fsp3) is 0.381. The lowest BCUT2D eigenvalue weighted by Crippen LogP contribution is -2.31. The van der Waals surface area contributed by atoms with Crippen molar-refractivity contribution in [2.45, 2.75) is 23.8 Å². The molecule has 6 heteroatoms. The highest BCUT2D eigenvalue weighted by Gasteiger charge is 2.19. The van der Waals surface area contributed by atoms with Crippen molar-refractivity contribution in [2.24, 2.45) is 0 Å². The predicted octanol–water partition coefficient (Wildman–Crippen LogP) is 4.25. The maximum atomic E-state index is 13.6. The Kier molecular flexibility index (Phi) is 7.12. The van der Waals surface area contributed by atoms with Gasteiger partial charge in [0.2, 0.25) is 0 Å². The molecule has 2 aromatic carbocycles. The second-order valence-corrected chi connectivity index (χ2v) is 7.51. The van der Waals surface area contributed by atoms with E-state index in [2.05, 4.69) is 0 Å². The van der Waals surface area contributed by atoms with Gasteiger partial charge in [0.25, 0.3) is 5.91 Å². The lowest BCUT2D eigenvalue weighted by atomic mass is 10.2. The number of amides is 1. The summed E-state index contributed by atoms with van der Waals surface area (Å²) in [6.07, 6.45) is 2.46. The molecule has 1 aliphatic rings. The maximum absolute atomic E-state index is 13.6. The fourth-order valence-corrected chi connectivity index (χ4v) is 4.00. The highest BCUT2D eigenvalue weighted by Crippen LogP contribution is 2.27. The number of ether oxygens (including phenoxy) is 2. The van der Waals surface area contributed by atoms with Crippen LogP contribution in [0.25, 0.3) is 0 Å². The van der Waals surface area contributed by atoms with Crippen molar-refractivity contribution in [3.05, 3.63) is 59.9 Å². The third-order valence-corrected chi connectivity index (χ3v) is 5.64. The zero-order valence-electron chi connectivity index (χ0n) is 15.4. The molecule has 1 aliphatic heterocycles. The van der Waals surface area contributed by atoms with E-state index in [1.807, 2.05) is 24.3 Å². The topological polar surface area (TPSA) is 38.8 Å². The molecule has 0 spiro atoms. The third kappa shape index (κ3) is 5.47. The number of hydrogen-bond acceptors (Lipinski definition) is 4. The van der Waals surface area contributed by atoms with Crippen molar-refractivity contribution in [1.29, 1.82) is 0 Å². The van der Waals surface area contributed by atoms with Gasteiger partial charge in [-0.2, -0.15) is 0 Å². The summed E-state index contributed by atoms with van der Waals surface area (Å²) in [6, 6.07) is 13.9. The van der Waals surface area contributed by atoms with Gasteiger partial charge in [0.1, 0.15) is 6.61 Å². The van der Waals surface area contributed by atoms with E-state index in [4.69, 9.17) is 9.47 Å². The largest absolute Gasteiger partial charge is 0.489 e. The van der Waals surface area contributed by atoms with Crippen LogP contribution < -0.4 is 4.74 Å². The van der Waals surface area contributed by atoms with E-state index in [0.29, 0.717) is 12.1 Å². The van der Waals surface area contributed by atoms with E-state index < -0.39 is 5.82 Å². The Bertz CT molecular complexity index is 765. The predicted molar refractivity (Wildman–Crippen MR) is 105 cm³/mol. The molecule has 0 radical (unpaired) electrons. The van der Waals surface area contributed by atoms with Crippen LogP contribution in [0.1, 0.15) is 23.2 Å². The van der Waals surface area contributed by atoms with E-state index >= 15 is 0 Å². The SMILES string of the molecule is CN(CCOc1ccccc1F)C(=O)c1ccccc1SCC1CCCO1. The molecule has 1 saturated heterocycles. The summed E-state index contributed by atoms with van der Waals surface area (Å²) in [5.41, 5.74) is 0.675. The molecule has 1 fully saturated rings. The van der Waals surface area contributed by atoms with Gasteiger partial charge in [0.05, 0.1) is 18.2 Å². The molecule has 0 aliphatic carbocycles. The molecule has 1 atom stereocenters. The third-order valence-electron chi connectivity index (χ3n) is 4.43. The zero-order valence-corrected chi connectivity index (χ0v) is 16.2. The molecule has 3 rings (SSSR count). The number of hydrogen-bond donors (Lipinski definition) is 0. The monoisotopic (exact) mass is 389 g/mol. The van der Waals surface area contributed by atoms with Gasteiger partial charge >= 0.3 is 0 Å².